The molecule has 0 atom stereocenters. The molecule has 7 heteroatoms. The molecular weight excluding hydrogens is 324 g/mol. The van der Waals surface area contributed by atoms with Crippen LogP contribution in [0.5, 0.6) is 0 Å². The minimum Gasteiger partial charge on any atom is -0.353 e. The second kappa shape index (κ2) is 4.93. The number of aromatic nitrogens is 1. The van der Waals surface area contributed by atoms with Crippen molar-refractivity contribution in [1.82, 2.24) is 9.29 Å². The summed E-state index contributed by atoms with van der Waals surface area (Å²) in [4.78, 5) is 0. The quantitative estimate of drug-likeness (QED) is 0.932. The SMILES string of the molecule is Cn1cccc1CNS(=O)(=O)c1ccc(Br)s1. The molecule has 0 amide bonds. The van der Waals surface area contributed by atoms with Crippen LogP contribution in [0.25, 0.3) is 0 Å². The van der Waals surface area contributed by atoms with Crippen molar-refractivity contribution in [2.24, 2.45) is 7.05 Å². The topological polar surface area (TPSA) is 51.1 Å². The van der Waals surface area contributed by atoms with Gasteiger partial charge in [0.05, 0.1) is 10.3 Å². The lowest BCUT2D eigenvalue weighted by Gasteiger charge is -2.05. The standard InChI is InChI=1S/C10H11BrN2O2S2/c1-13-6-2-3-8(13)7-12-17(14,15)10-5-4-9(11)16-10/h2-6,12H,7H2,1H3. The van der Waals surface area contributed by atoms with E-state index >= 15 is 0 Å². The molecule has 17 heavy (non-hydrogen) atoms. The van der Waals surface area contributed by atoms with Gasteiger partial charge in [-0.1, -0.05) is 0 Å². The summed E-state index contributed by atoms with van der Waals surface area (Å²) in [6.45, 7) is 0.293. The van der Waals surface area contributed by atoms with E-state index in [-0.39, 0.29) is 0 Å². The van der Waals surface area contributed by atoms with Gasteiger partial charge in [-0.3, -0.25) is 0 Å². The molecule has 92 valence electrons. The maximum atomic E-state index is 11.9. The van der Waals surface area contributed by atoms with Crippen molar-refractivity contribution in [2.75, 3.05) is 0 Å². The first-order chi connectivity index (χ1) is 7.99. The first kappa shape index (κ1) is 12.8. The largest absolute Gasteiger partial charge is 0.353 e. The van der Waals surface area contributed by atoms with Crippen LogP contribution in [0.4, 0.5) is 0 Å². The van der Waals surface area contributed by atoms with Crippen molar-refractivity contribution in [3.05, 3.63) is 39.9 Å². The van der Waals surface area contributed by atoms with Gasteiger partial charge in [0.15, 0.2) is 0 Å². The Labute approximate surface area is 112 Å². The Morgan fingerprint density at radius 1 is 1.41 bits per heavy atom. The summed E-state index contributed by atoms with van der Waals surface area (Å²) in [5.74, 6) is 0. The van der Waals surface area contributed by atoms with Crippen LogP contribution in [-0.2, 0) is 23.6 Å². The Bertz CT molecular complexity index is 616. The molecule has 4 nitrogen and oxygen atoms in total. The molecular formula is C10H11BrN2O2S2. The molecule has 0 aliphatic heterocycles. The highest BCUT2D eigenvalue weighted by Crippen LogP contribution is 2.25. The van der Waals surface area contributed by atoms with Crippen molar-refractivity contribution < 1.29 is 8.42 Å². The van der Waals surface area contributed by atoms with Crippen LogP contribution in [-0.4, -0.2) is 13.0 Å². The van der Waals surface area contributed by atoms with Crippen LogP contribution < -0.4 is 4.72 Å². The smallest absolute Gasteiger partial charge is 0.250 e. The molecule has 2 aromatic heterocycles. The fraction of sp³-hybridized carbons (Fsp3) is 0.200. The molecule has 0 aliphatic rings. The van der Waals surface area contributed by atoms with E-state index in [1.807, 2.05) is 29.9 Å². The average Bonchev–Trinajstić information content (AvgIpc) is 2.85. The summed E-state index contributed by atoms with van der Waals surface area (Å²) in [5.41, 5.74) is 0.921. The van der Waals surface area contributed by atoms with Crippen LogP contribution in [0.3, 0.4) is 0 Å². The molecule has 0 bridgehead atoms. The third-order valence-electron chi connectivity index (χ3n) is 2.31. The Morgan fingerprint density at radius 2 is 2.18 bits per heavy atom. The molecule has 2 rings (SSSR count). The van der Waals surface area contributed by atoms with Crippen molar-refractivity contribution in [3.63, 3.8) is 0 Å². The second-order valence-electron chi connectivity index (χ2n) is 3.49. The van der Waals surface area contributed by atoms with Gasteiger partial charge in [-0.05, 0) is 40.2 Å². The summed E-state index contributed by atoms with van der Waals surface area (Å²) in [7, 11) is -1.53. The minimum atomic E-state index is -3.41. The van der Waals surface area contributed by atoms with Crippen molar-refractivity contribution in [2.45, 2.75) is 10.8 Å². The third-order valence-corrected chi connectivity index (χ3v) is 5.82. The summed E-state index contributed by atoms with van der Waals surface area (Å²) in [5, 5.41) is 0. The number of nitrogens with one attached hydrogen (secondary N) is 1. The molecule has 0 aromatic carbocycles. The normalized spacial score (nSPS) is 11.9. The Hall–Kier alpha value is -0.630. The number of aryl methyl sites for hydroxylation is 1. The Balaban J connectivity index is 2.11. The average molecular weight is 335 g/mol. The van der Waals surface area contributed by atoms with Crippen molar-refractivity contribution in [3.8, 4) is 0 Å². The van der Waals surface area contributed by atoms with E-state index in [0.29, 0.717) is 10.8 Å². The zero-order valence-electron chi connectivity index (χ0n) is 9.05. The lowest BCUT2D eigenvalue weighted by atomic mass is 10.4. The number of halogens is 1. The molecule has 0 fully saturated rings. The van der Waals surface area contributed by atoms with Gasteiger partial charge < -0.3 is 4.57 Å². The lowest BCUT2D eigenvalue weighted by molar-refractivity contribution is 0.581. The highest BCUT2D eigenvalue weighted by molar-refractivity contribution is 9.11. The second-order valence-corrected chi connectivity index (χ2v) is 7.95. The van der Waals surface area contributed by atoms with Crippen molar-refractivity contribution >= 4 is 37.3 Å². The molecule has 2 heterocycles. The van der Waals surface area contributed by atoms with E-state index in [9.17, 15) is 8.42 Å². The Morgan fingerprint density at radius 3 is 2.71 bits per heavy atom. The first-order valence-electron chi connectivity index (χ1n) is 4.84. The number of nitrogens with zero attached hydrogens (tertiary/aromatic N) is 1. The van der Waals surface area contributed by atoms with Gasteiger partial charge in [-0.15, -0.1) is 11.3 Å². The number of rotatable bonds is 4. The fourth-order valence-electron chi connectivity index (χ4n) is 1.36. The maximum absolute atomic E-state index is 11.9. The fourth-order valence-corrected chi connectivity index (χ4v) is 4.42. The summed E-state index contributed by atoms with van der Waals surface area (Å²) in [6.07, 6.45) is 1.88. The van der Waals surface area contributed by atoms with Crippen LogP contribution in [0.2, 0.25) is 0 Å². The highest BCUT2D eigenvalue weighted by Gasteiger charge is 2.16. The van der Waals surface area contributed by atoms with E-state index in [0.717, 1.165) is 9.48 Å². The van der Waals surface area contributed by atoms with Gasteiger partial charge in [0.2, 0.25) is 10.0 Å². The van der Waals surface area contributed by atoms with E-state index in [4.69, 9.17) is 0 Å². The highest BCUT2D eigenvalue weighted by atomic mass is 79.9. The van der Waals surface area contributed by atoms with E-state index in [1.54, 1.807) is 12.1 Å². The Kier molecular flexibility index (Phi) is 3.72. The van der Waals surface area contributed by atoms with Crippen LogP contribution in [0, 0.1) is 0 Å². The van der Waals surface area contributed by atoms with Gasteiger partial charge in [-0.2, -0.15) is 0 Å². The molecule has 0 saturated carbocycles. The summed E-state index contributed by atoms with van der Waals surface area (Å²) < 4.78 is 29.4. The van der Waals surface area contributed by atoms with E-state index in [2.05, 4.69) is 20.7 Å². The predicted octanol–water partition coefficient (Wildman–Crippen LogP) is 2.33. The van der Waals surface area contributed by atoms with Gasteiger partial charge in [0, 0.05) is 18.9 Å². The third kappa shape index (κ3) is 2.98. The monoisotopic (exact) mass is 334 g/mol. The lowest BCUT2D eigenvalue weighted by Crippen LogP contribution is -2.23. The van der Waals surface area contributed by atoms with Gasteiger partial charge in [0.1, 0.15) is 4.21 Å². The minimum absolute atomic E-state index is 0.293. The van der Waals surface area contributed by atoms with Crippen LogP contribution in [0.1, 0.15) is 5.69 Å². The number of sulfonamides is 1. The molecule has 2 aromatic rings. The molecule has 0 aliphatic carbocycles. The predicted molar refractivity (Wildman–Crippen MR) is 71.5 cm³/mol. The van der Waals surface area contributed by atoms with Gasteiger partial charge >= 0.3 is 0 Å². The van der Waals surface area contributed by atoms with Gasteiger partial charge in [0.25, 0.3) is 0 Å². The number of hydrogen-bond donors (Lipinski definition) is 1. The van der Waals surface area contributed by atoms with E-state index < -0.39 is 10.0 Å². The van der Waals surface area contributed by atoms with Crippen LogP contribution >= 0.6 is 27.3 Å². The zero-order valence-corrected chi connectivity index (χ0v) is 12.3. The number of hydrogen-bond acceptors (Lipinski definition) is 3. The zero-order chi connectivity index (χ0) is 12.5. The molecule has 0 unspecified atom stereocenters. The van der Waals surface area contributed by atoms with Crippen molar-refractivity contribution in [1.29, 1.82) is 0 Å². The molecule has 0 spiro atoms. The van der Waals surface area contributed by atoms with E-state index in [1.165, 1.54) is 11.3 Å². The molecule has 0 radical (unpaired) electrons. The van der Waals surface area contributed by atoms with Crippen LogP contribution in [0.15, 0.2) is 38.5 Å². The molecule has 0 saturated heterocycles. The number of thiophene rings is 1. The first-order valence-corrected chi connectivity index (χ1v) is 7.93. The molecule has 1 N–H and O–H groups in total. The summed E-state index contributed by atoms with van der Waals surface area (Å²) in [6, 6.07) is 7.07. The summed E-state index contributed by atoms with van der Waals surface area (Å²) >= 11 is 4.44. The maximum Gasteiger partial charge on any atom is 0.250 e. The van der Waals surface area contributed by atoms with Gasteiger partial charge in [-0.25, -0.2) is 13.1 Å².